The average molecular weight is 242 g/mol. The van der Waals surface area contributed by atoms with Gasteiger partial charge >= 0.3 is 0 Å². The van der Waals surface area contributed by atoms with Crippen LogP contribution in [-0.4, -0.2) is 13.1 Å². The van der Waals surface area contributed by atoms with Crippen LogP contribution in [0.15, 0.2) is 18.2 Å². The molecule has 1 aromatic carbocycles. The Kier molecular flexibility index (Phi) is 3.22. The maximum atomic E-state index is 13.6. The van der Waals surface area contributed by atoms with Gasteiger partial charge in [-0.2, -0.15) is 0 Å². The van der Waals surface area contributed by atoms with Crippen molar-refractivity contribution >= 4 is 11.6 Å². The lowest BCUT2D eigenvalue weighted by molar-refractivity contribution is 0.372. The van der Waals surface area contributed by atoms with Crippen LogP contribution in [0.1, 0.15) is 25.3 Å². The first kappa shape index (κ1) is 11.9. The molecule has 0 spiro atoms. The minimum Gasteiger partial charge on any atom is -0.316 e. The van der Waals surface area contributed by atoms with Crippen molar-refractivity contribution in [3.63, 3.8) is 0 Å². The zero-order valence-corrected chi connectivity index (χ0v) is 10.4. The fraction of sp³-hybridized carbons (Fsp3) is 0.538. The molecule has 0 bridgehead atoms. The molecule has 1 N–H and O–H groups in total. The number of nitrogens with one attached hydrogen (secondary N) is 1. The maximum absolute atomic E-state index is 13.6. The molecule has 0 aliphatic heterocycles. The Morgan fingerprint density at radius 1 is 1.50 bits per heavy atom. The predicted molar refractivity (Wildman–Crippen MR) is 65.3 cm³/mol. The van der Waals surface area contributed by atoms with Crippen molar-refractivity contribution in [3.05, 3.63) is 34.6 Å². The summed E-state index contributed by atoms with van der Waals surface area (Å²) in [5.41, 5.74) is 1.10. The van der Waals surface area contributed by atoms with Gasteiger partial charge in [0, 0.05) is 11.1 Å². The lowest BCUT2D eigenvalue weighted by atomic mass is 9.92. The van der Waals surface area contributed by atoms with Crippen LogP contribution in [0.2, 0.25) is 5.02 Å². The molecule has 0 heterocycles. The summed E-state index contributed by atoms with van der Waals surface area (Å²) in [6.45, 7) is 2.25. The van der Waals surface area contributed by atoms with E-state index in [1.807, 2.05) is 7.05 Å². The van der Waals surface area contributed by atoms with Gasteiger partial charge in [0.25, 0.3) is 0 Å². The number of benzene rings is 1. The van der Waals surface area contributed by atoms with E-state index in [9.17, 15) is 4.39 Å². The molecule has 1 aromatic rings. The third-order valence-electron chi connectivity index (χ3n) is 3.67. The molecule has 0 aromatic heterocycles. The van der Waals surface area contributed by atoms with Crippen molar-refractivity contribution < 1.29 is 4.39 Å². The van der Waals surface area contributed by atoms with Gasteiger partial charge in [0.1, 0.15) is 5.82 Å². The number of rotatable bonds is 4. The minimum absolute atomic E-state index is 0.197. The molecule has 1 fully saturated rings. The molecule has 1 unspecified atom stereocenters. The van der Waals surface area contributed by atoms with Crippen LogP contribution >= 0.6 is 11.6 Å². The van der Waals surface area contributed by atoms with E-state index in [1.165, 1.54) is 18.9 Å². The first-order valence-electron chi connectivity index (χ1n) is 5.66. The highest BCUT2D eigenvalue weighted by atomic mass is 35.5. The topological polar surface area (TPSA) is 12.0 Å². The molecule has 3 heteroatoms. The van der Waals surface area contributed by atoms with Crippen molar-refractivity contribution in [1.29, 1.82) is 0 Å². The number of likely N-dealkylation sites (N-methyl/N-ethyl adjacent to an activating group) is 1. The number of hydrogen-bond donors (Lipinski definition) is 1. The van der Waals surface area contributed by atoms with Gasteiger partial charge in [-0.1, -0.05) is 24.6 Å². The molecule has 1 aliphatic carbocycles. The highest BCUT2D eigenvalue weighted by Gasteiger charge is 2.44. The molecular formula is C13H17ClFN. The Morgan fingerprint density at radius 2 is 2.19 bits per heavy atom. The highest BCUT2D eigenvalue weighted by molar-refractivity contribution is 6.30. The SMILES string of the molecule is CNC(Cc1ccc(Cl)cc1F)C1(C)CC1. The van der Waals surface area contributed by atoms with Gasteiger partial charge in [-0.25, -0.2) is 4.39 Å². The molecule has 16 heavy (non-hydrogen) atoms. The second-order valence-electron chi connectivity index (χ2n) is 4.94. The zero-order chi connectivity index (χ0) is 11.8. The van der Waals surface area contributed by atoms with Gasteiger partial charge in [0.15, 0.2) is 0 Å². The van der Waals surface area contributed by atoms with Crippen LogP contribution in [0.3, 0.4) is 0 Å². The molecule has 88 valence electrons. The van der Waals surface area contributed by atoms with E-state index in [0.717, 1.165) is 12.0 Å². The Hall–Kier alpha value is -0.600. The monoisotopic (exact) mass is 241 g/mol. The number of halogens is 2. The molecular weight excluding hydrogens is 225 g/mol. The van der Waals surface area contributed by atoms with Gasteiger partial charge in [-0.3, -0.25) is 0 Å². The van der Waals surface area contributed by atoms with E-state index in [0.29, 0.717) is 16.5 Å². The fourth-order valence-electron chi connectivity index (χ4n) is 2.15. The molecule has 0 saturated heterocycles. The third-order valence-corrected chi connectivity index (χ3v) is 3.90. The molecule has 1 nitrogen and oxygen atoms in total. The summed E-state index contributed by atoms with van der Waals surface area (Å²) in [5.74, 6) is -0.197. The third kappa shape index (κ3) is 2.38. The standard InChI is InChI=1S/C13H17ClFN/c1-13(5-6-13)12(16-2)7-9-3-4-10(14)8-11(9)15/h3-4,8,12,16H,5-7H2,1-2H3. The summed E-state index contributed by atoms with van der Waals surface area (Å²) in [6.07, 6.45) is 3.19. The quantitative estimate of drug-likeness (QED) is 0.852. The van der Waals surface area contributed by atoms with Gasteiger partial charge in [-0.15, -0.1) is 0 Å². The van der Waals surface area contributed by atoms with E-state index in [-0.39, 0.29) is 5.82 Å². The second kappa shape index (κ2) is 4.34. The van der Waals surface area contributed by atoms with Gasteiger partial charge in [0.05, 0.1) is 0 Å². The van der Waals surface area contributed by atoms with Crippen molar-refractivity contribution in [2.24, 2.45) is 5.41 Å². The van der Waals surface area contributed by atoms with E-state index in [4.69, 9.17) is 11.6 Å². The summed E-state index contributed by atoms with van der Waals surface area (Å²) in [5, 5.41) is 3.75. The van der Waals surface area contributed by atoms with E-state index in [2.05, 4.69) is 12.2 Å². The molecule has 0 radical (unpaired) electrons. The Morgan fingerprint density at radius 3 is 2.69 bits per heavy atom. The van der Waals surface area contributed by atoms with Crippen molar-refractivity contribution in [3.8, 4) is 0 Å². The Labute approximate surface area is 101 Å². The normalized spacial score (nSPS) is 19.5. The maximum Gasteiger partial charge on any atom is 0.127 e. The average Bonchev–Trinajstić information content (AvgIpc) is 2.96. The zero-order valence-electron chi connectivity index (χ0n) is 9.69. The minimum atomic E-state index is -0.197. The van der Waals surface area contributed by atoms with E-state index >= 15 is 0 Å². The molecule has 1 atom stereocenters. The highest BCUT2D eigenvalue weighted by Crippen LogP contribution is 2.48. The lowest BCUT2D eigenvalue weighted by Gasteiger charge is -2.23. The first-order valence-corrected chi connectivity index (χ1v) is 6.04. The van der Waals surface area contributed by atoms with Crippen LogP contribution in [0.4, 0.5) is 4.39 Å². The van der Waals surface area contributed by atoms with Crippen LogP contribution in [0.25, 0.3) is 0 Å². The van der Waals surface area contributed by atoms with Crippen LogP contribution in [-0.2, 0) is 6.42 Å². The molecule has 0 amide bonds. The largest absolute Gasteiger partial charge is 0.316 e. The van der Waals surface area contributed by atoms with Crippen LogP contribution < -0.4 is 5.32 Å². The van der Waals surface area contributed by atoms with Gasteiger partial charge in [0.2, 0.25) is 0 Å². The summed E-state index contributed by atoms with van der Waals surface area (Å²) >= 11 is 5.73. The second-order valence-corrected chi connectivity index (χ2v) is 5.37. The van der Waals surface area contributed by atoms with E-state index < -0.39 is 0 Å². The summed E-state index contributed by atoms with van der Waals surface area (Å²) in [7, 11) is 1.95. The van der Waals surface area contributed by atoms with Crippen molar-refractivity contribution in [1.82, 2.24) is 5.32 Å². The first-order chi connectivity index (χ1) is 7.55. The molecule has 1 aliphatic rings. The number of hydrogen-bond acceptors (Lipinski definition) is 1. The van der Waals surface area contributed by atoms with Crippen LogP contribution in [0.5, 0.6) is 0 Å². The summed E-state index contributed by atoms with van der Waals surface area (Å²) in [6, 6.07) is 5.28. The molecule has 2 rings (SSSR count). The molecule has 1 saturated carbocycles. The fourth-order valence-corrected chi connectivity index (χ4v) is 2.31. The Bertz CT molecular complexity index is 388. The summed E-state index contributed by atoms with van der Waals surface area (Å²) < 4.78 is 13.6. The van der Waals surface area contributed by atoms with Crippen LogP contribution in [0, 0.1) is 11.2 Å². The van der Waals surface area contributed by atoms with Crippen molar-refractivity contribution in [2.75, 3.05) is 7.05 Å². The predicted octanol–water partition coefficient (Wildman–Crippen LogP) is 3.41. The van der Waals surface area contributed by atoms with Crippen molar-refractivity contribution in [2.45, 2.75) is 32.2 Å². The van der Waals surface area contributed by atoms with E-state index in [1.54, 1.807) is 12.1 Å². The van der Waals surface area contributed by atoms with Gasteiger partial charge < -0.3 is 5.32 Å². The smallest absolute Gasteiger partial charge is 0.127 e. The van der Waals surface area contributed by atoms with Gasteiger partial charge in [-0.05, 0) is 49.4 Å². The lowest BCUT2D eigenvalue weighted by Crippen LogP contribution is -2.35. The Balaban J connectivity index is 2.13. The summed E-state index contributed by atoms with van der Waals surface area (Å²) in [4.78, 5) is 0.